The van der Waals surface area contributed by atoms with Crippen molar-refractivity contribution in [3.8, 4) is 0 Å². The number of benzene rings is 1. The Labute approximate surface area is 104 Å². The van der Waals surface area contributed by atoms with Crippen LogP contribution in [0, 0.1) is 0 Å². The fraction of sp³-hybridized carbons (Fsp3) is 0.385. The van der Waals surface area contributed by atoms with Crippen molar-refractivity contribution in [3.63, 3.8) is 0 Å². The van der Waals surface area contributed by atoms with Gasteiger partial charge in [0.15, 0.2) is 0 Å². The van der Waals surface area contributed by atoms with Crippen LogP contribution in [0.4, 0.5) is 9.18 Å². The molecule has 1 aliphatic heterocycles. The number of hydrogen-bond donors (Lipinski definition) is 0. The highest BCUT2D eigenvalue weighted by molar-refractivity contribution is 6.07. The first-order chi connectivity index (χ1) is 8.31. The number of amides is 2. The molecular formula is C13H14FNO3. The van der Waals surface area contributed by atoms with E-state index in [9.17, 15) is 14.0 Å². The van der Waals surface area contributed by atoms with Crippen molar-refractivity contribution in [3.05, 3.63) is 35.4 Å². The summed E-state index contributed by atoms with van der Waals surface area (Å²) in [4.78, 5) is 24.2. The van der Waals surface area contributed by atoms with Crippen LogP contribution in [0.15, 0.2) is 24.3 Å². The number of ether oxygens (including phenoxy) is 1. The maximum Gasteiger partial charge on any atom is 0.420 e. The molecule has 18 heavy (non-hydrogen) atoms. The number of alkyl halides is 1. The van der Waals surface area contributed by atoms with Crippen molar-refractivity contribution < 1.29 is 18.7 Å². The van der Waals surface area contributed by atoms with Gasteiger partial charge in [-0.2, -0.15) is 0 Å². The van der Waals surface area contributed by atoms with Crippen LogP contribution in [-0.4, -0.2) is 22.5 Å². The summed E-state index contributed by atoms with van der Waals surface area (Å²) in [7, 11) is 0. The molecule has 4 nitrogen and oxygen atoms in total. The van der Waals surface area contributed by atoms with Crippen LogP contribution in [0.25, 0.3) is 0 Å². The molecule has 0 spiro atoms. The predicted molar refractivity (Wildman–Crippen MR) is 62.7 cm³/mol. The molecule has 1 aliphatic rings. The minimum atomic E-state index is -1.77. The molecule has 2 rings (SSSR count). The number of nitrogens with zero attached hydrogens (tertiary/aromatic N) is 1. The molecule has 0 radical (unpaired) electrons. The van der Waals surface area contributed by atoms with Gasteiger partial charge in [-0.15, -0.1) is 0 Å². The van der Waals surface area contributed by atoms with Gasteiger partial charge >= 0.3 is 6.09 Å². The first kappa shape index (κ1) is 12.5. The van der Waals surface area contributed by atoms with E-state index in [1.165, 1.54) is 12.1 Å². The maximum absolute atomic E-state index is 14.1. The quantitative estimate of drug-likeness (QED) is 0.666. The Hall–Kier alpha value is -1.91. The van der Waals surface area contributed by atoms with E-state index < -0.39 is 23.9 Å². The Morgan fingerprint density at radius 1 is 1.33 bits per heavy atom. The highest BCUT2D eigenvalue weighted by Gasteiger charge is 2.42. The summed E-state index contributed by atoms with van der Waals surface area (Å²) in [5.74, 6) is -0.660. The second-order valence-electron chi connectivity index (χ2n) is 5.08. The summed E-state index contributed by atoms with van der Waals surface area (Å²) >= 11 is 0. The lowest BCUT2D eigenvalue weighted by Gasteiger charge is -2.24. The monoisotopic (exact) mass is 251 g/mol. The van der Waals surface area contributed by atoms with E-state index in [2.05, 4.69) is 0 Å². The Morgan fingerprint density at radius 2 is 1.94 bits per heavy atom. The van der Waals surface area contributed by atoms with E-state index in [0.29, 0.717) is 4.90 Å². The topological polar surface area (TPSA) is 46.6 Å². The molecule has 1 aromatic rings. The van der Waals surface area contributed by atoms with Gasteiger partial charge in [0.1, 0.15) is 5.60 Å². The third-order valence-corrected chi connectivity index (χ3v) is 2.48. The molecule has 0 aliphatic carbocycles. The van der Waals surface area contributed by atoms with Crippen LogP contribution in [0.2, 0.25) is 0 Å². The lowest BCUT2D eigenvalue weighted by atomic mass is 10.1. The van der Waals surface area contributed by atoms with Crippen LogP contribution in [0.3, 0.4) is 0 Å². The van der Waals surface area contributed by atoms with Crippen molar-refractivity contribution >= 4 is 12.0 Å². The summed E-state index contributed by atoms with van der Waals surface area (Å²) in [6, 6.07) is 6.23. The highest BCUT2D eigenvalue weighted by Crippen LogP contribution is 2.35. The van der Waals surface area contributed by atoms with Crippen LogP contribution >= 0.6 is 0 Å². The summed E-state index contributed by atoms with van der Waals surface area (Å²) in [5, 5.41) is 0. The van der Waals surface area contributed by atoms with Gasteiger partial charge in [0.05, 0.1) is 0 Å². The molecule has 0 saturated heterocycles. The van der Waals surface area contributed by atoms with E-state index in [1.54, 1.807) is 32.9 Å². The van der Waals surface area contributed by atoms with Crippen LogP contribution in [-0.2, 0) is 4.74 Å². The number of carbonyl (C=O) groups excluding carboxylic acids is 2. The Balaban J connectivity index is 2.29. The second kappa shape index (κ2) is 4.08. The fourth-order valence-electron chi connectivity index (χ4n) is 1.76. The Morgan fingerprint density at radius 3 is 2.50 bits per heavy atom. The average Bonchev–Trinajstić information content (AvgIpc) is 2.50. The largest absolute Gasteiger partial charge is 0.443 e. The van der Waals surface area contributed by atoms with Crippen LogP contribution in [0.1, 0.15) is 43.0 Å². The Bertz CT molecular complexity index is 507. The molecule has 5 heteroatoms. The van der Waals surface area contributed by atoms with Crippen molar-refractivity contribution in [2.24, 2.45) is 0 Å². The van der Waals surface area contributed by atoms with Crippen LogP contribution < -0.4 is 0 Å². The molecule has 0 aromatic heterocycles. The van der Waals surface area contributed by atoms with Gasteiger partial charge in [-0.05, 0) is 26.8 Å². The van der Waals surface area contributed by atoms with Crippen molar-refractivity contribution in [2.75, 3.05) is 0 Å². The minimum absolute atomic E-state index is 0.202. The van der Waals surface area contributed by atoms with Gasteiger partial charge < -0.3 is 4.74 Å². The zero-order valence-corrected chi connectivity index (χ0v) is 10.4. The summed E-state index contributed by atoms with van der Waals surface area (Å²) in [5.41, 5.74) is -0.365. The van der Waals surface area contributed by atoms with Gasteiger partial charge in [-0.1, -0.05) is 18.2 Å². The first-order valence-corrected chi connectivity index (χ1v) is 5.61. The lowest BCUT2D eigenvalue weighted by Crippen LogP contribution is -2.38. The number of imide groups is 1. The molecule has 2 amide bonds. The molecule has 0 fully saturated rings. The van der Waals surface area contributed by atoms with E-state index >= 15 is 0 Å². The van der Waals surface area contributed by atoms with E-state index in [-0.39, 0.29) is 11.1 Å². The van der Waals surface area contributed by atoms with E-state index in [1.807, 2.05) is 0 Å². The normalized spacial score (nSPS) is 18.8. The maximum atomic E-state index is 14.1. The van der Waals surface area contributed by atoms with Crippen molar-refractivity contribution in [2.45, 2.75) is 32.7 Å². The number of fused-ring (bicyclic) bond motifs is 1. The minimum Gasteiger partial charge on any atom is -0.443 e. The lowest BCUT2D eigenvalue weighted by molar-refractivity contribution is 0.00504. The summed E-state index contributed by atoms with van der Waals surface area (Å²) in [6.45, 7) is 4.98. The first-order valence-electron chi connectivity index (χ1n) is 5.61. The van der Waals surface area contributed by atoms with Crippen LogP contribution in [0.5, 0.6) is 0 Å². The Kier molecular flexibility index (Phi) is 2.84. The number of halogens is 1. The molecule has 0 N–H and O–H groups in total. The molecule has 1 unspecified atom stereocenters. The van der Waals surface area contributed by atoms with Gasteiger partial charge in [0.25, 0.3) is 5.91 Å². The smallest absolute Gasteiger partial charge is 0.420 e. The molecular weight excluding hydrogens is 237 g/mol. The number of carbonyl (C=O) groups is 2. The predicted octanol–water partition coefficient (Wildman–Crippen LogP) is 3.05. The number of rotatable bonds is 0. The van der Waals surface area contributed by atoms with E-state index in [0.717, 1.165) is 0 Å². The number of hydrogen-bond acceptors (Lipinski definition) is 3. The van der Waals surface area contributed by atoms with Crippen molar-refractivity contribution in [1.82, 2.24) is 4.90 Å². The zero-order chi connectivity index (χ0) is 13.5. The van der Waals surface area contributed by atoms with Gasteiger partial charge in [-0.25, -0.2) is 14.1 Å². The van der Waals surface area contributed by atoms with Gasteiger partial charge in [0.2, 0.25) is 6.30 Å². The SMILES string of the molecule is CC(C)(C)OC(=O)N1C(=O)c2ccccc2C1F. The molecule has 0 bridgehead atoms. The molecule has 96 valence electrons. The standard InChI is InChI=1S/C13H14FNO3/c1-13(2,3)18-12(17)15-10(14)8-6-4-5-7-9(8)11(15)16/h4-7,10H,1-3H3. The summed E-state index contributed by atoms with van der Waals surface area (Å²) < 4.78 is 19.1. The van der Waals surface area contributed by atoms with E-state index in [4.69, 9.17) is 4.74 Å². The molecule has 1 aromatic carbocycles. The molecule has 1 atom stereocenters. The van der Waals surface area contributed by atoms with Gasteiger partial charge in [-0.3, -0.25) is 4.79 Å². The molecule has 0 saturated carbocycles. The molecule has 1 heterocycles. The summed E-state index contributed by atoms with van der Waals surface area (Å²) in [6.07, 6.45) is -2.74. The second-order valence-corrected chi connectivity index (χ2v) is 5.08. The zero-order valence-electron chi connectivity index (χ0n) is 10.4. The van der Waals surface area contributed by atoms with Crippen molar-refractivity contribution in [1.29, 1.82) is 0 Å². The third-order valence-electron chi connectivity index (χ3n) is 2.48. The van der Waals surface area contributed by atoms with Gasteiger partial charge in [0, 0.05) is 11.1 Å². The highest BCUT2D eigenvalue weighted by atomic mass is 19.1. The third kappa shape index (κ3) is 2.08. The fourth-order valence-corrected chi connectivity index (χ4v) is 1.76. The average molecular weight is 251 g/mol.